The van der Waals surface area contributed by atoms with Gasteiger partial charge in [0.2, 0.25) is 5.95 Å². The summed E-state index contributed by atoms with van der Waals surface area (Å²) >= 11 is 0. The van der Waals surface area contributed by atoms with Crippen LogP contribution in [0.4, 0.5) is 20.4 Å². The zero-order chi connectivity index (χ0) is 18.0. The van der Waals surface area contributed by atoms with E-state index in [-0.39, 0.29) is 30.4 Å². The van der Waals surface area contributed by atoms with Crippen molar-refractivity contribution in [2.45, 2.75) is 25.3 Å². The summed E-state index contributed by atoms with van der Waals surface area (Å²) in [5, 5.41) is 2.77. The van der Waals surface area contributed by atoms with Gasteiger partial charge in [-0.15, -0.1) is 0 Å². The monoisotopic (exact) mass is 348 g/mol. The third-order valence-corrected chi connectivity index (χ3v) is 4.09. The molecule has 9 heteroatoms. The van der Waals surface area contributed by atoms with Crippen LogP contribution in [0.1, 0.15) is 22.5 Å². The van der Waals surface area contributed by atoms with Crippen molar-refractivity contribution < 1.29 is 13.6 Å². The molecule has 0 bridgehead atoms. The average molecular weight is 348 g/mol. The Bertz CT molecular complexity index is 767. The van der Waals surface area contributed by atoms with Crippen molar-refractivity contribution in [3.8, 4) is 0 Å². The number of anilines is 2. The van der Waals surface area contributed by atoms with Crippen LogP contribution in [-0.4, -0.2) is 50.8 Å². The number of halogens is 2. The Labute approximate surface area is 143 Å². The average Bonchev–Trinajstić information content (AvgIpc) is 2.89. The van der Waals surface area contributed by atoms with Gasteiger partial charge in [-0.1, -0.05) is 0 Å². The zero-order valence-electron chi connectivity index (χ0n) is 13.6. The first kappa shape index (κ1) is 17.0. The van der Waals surface area contributed by atoms with Gasteiger partial charge in [-0.05, 0) is 24.6 Å². The quantitative estimate of drug-likeness (QED) is 0.873. The first-order valence-electron chi connectivity index (χ1n) is 7.80. The number of nitrogens with zero attached hydrogens (tertiary/aromatic N) is 4. The number of alkyl halides is 2. The fourth-order valence-electron chi connectivity index (χ4n) is 2.73. The summed E-state index contributed by atoms with van der Waals surface area (Å²) in [7, 11) is 0. The lowest BCUT2D eigenvalue weighted by atomic mass is 10.1. The fraction of sp³-hybridized carbons (Fsp3) is 0.375. The predicted molar refractivity (Wildman–Crippen MR) is 88.3 cm³/mol. The molecule has 1 aliphatic rings. The minimum Gasteiger partial charge on any atom is -0.397 e. The molecule has 1 saturated heterocycles. The van der Waals surface area contributed by atoms with Crippen molar-refractivity contribution in [1.82, 2.24) is 19.9 Å². The highest BCUT2D eigenvalue weighted by Crippen LogP contribution is 2.35. The van der Waals surface area contributed by atoms with Crippen molar-refractivity contribution in [2.75, 3.05) is 24.1 Å². The maximum absolute atomic E-state index is 14.3. The SMILES string of the molecule is Cc1cnc(NC[C@H]2N(C(=O)c3ncccc3N)CCC2(F)F)nc1. The first-order chi connectivity index (χ1) is 11.9. The van der Waals surface area contributed by atoms with E-state index in [1.807, 2.05) is 6.92 Å². The molecule has 3 rings (SSSR count). The topological polar surface area (TPSA) is 97.0 Å². The Morgan fingerprint density at radius 2 is 2.12 bits per heavy atom. The van der Waals surface area contributed by atoms with Gasteiger partial charge in [0.1, 0.15) is 6.04 Å². The molecular weight excluding hydrogens is 330 g/mol. The molecule has 2 aromatic rings. The van der Waals surface area contributed by atoms with Crippen molar-refractivity contribution >= 4 is 17.5 Å². The van der Waals surface area contributed by atoms with E-state index in [4.69, 9.17) is 5.73 Å². The lowest BCUT2D eigenvalue weighted by molar-refractivity contribution is -0.0249. The Hall–Kier alpha value is -2.84. The van der Waals surface area contributed by atoms with Gasteiger partial charge in [-0.25, -0.2) is 23.7 Å². The molecule has 0 aromatic carbocycles. The number of amides is 1. The lowest BCUT2D eigenvalue weighted by Crippen LogP contribution is -2.47. The summed E-state index contributed by atoms with van der Waals surface area (Å²) in [6, 6.07) is 1.77. The van der Waals surface area contributed by atoms with Crippen LogP contribution in [0.3, 0.4) is 0 Å². The van der Waals surface area contributed by atoms with Crippen LogP contribution in [0.25, 0.3) is 0 Å². The summed E-state index contributed by atoms with van der Waals surface area (Å²) < 4.78 is 28.6. The smallest absolute Gasteiger partial charge is 0.275 e. The highest BCUT2D eigenvalue weighted by molar-refractivity contribution is 5.97. The van der Waals surface area contributed by atoms with E-state index in [1.165, 1.54) is 12.3 Å². The number of nitrogens with two attached hydrogens (primary N) is 1. The Morgan fingerprint density at radius 1 is 1.40 bits per heavy atom. The molecule has 0 unspecified atom stereocenters. The van der Waals surface area contributed by atoms with Crippen LogP contribution >= 0.6 is 0 Å². The van der Waals surface area contributed by atoms with Gasteiger partial charge in [0.25, 0.3) is 11.8 Å². The van der Waals surface area contributed by atoms with E-state index in [2.05, 4.69) is 20.3 Å². The maximum atomic E-state index is 14.3. The molecule has 7 nitrogen and oxygen atoms in total. The van der Waals surface area contributed by atoms with Crippen LogP contribution in [0.15, 0.2) is 30.7 Å². The summed E-state index contributed by atoms with van der Waals surface area (Å²) in [6.45, 7) is 1.59. The Balaban J connectivity index is 1.78. The number of aryl methyl sites for hydroxylation is 1. The number of pyridine rings is 1. The number of carbonyl (C=O) groups excluding carboxylic acids is 1. The number of hydrogen-bond donors (Lipinski definition) is 2. The van der Waals surface area contributed by atoms with E-state index in [0.29, 0.717) is 0 Å². The van der Waals surface area contributed by atoms with Gasteiger partial charge in [-0.2, -0.15) is 0 Å². The van der Waals surface area contributed by atoms with Gasteiger partial charge in [0.05, 0.1) is 5.69 Å². The molecule has 1 atom stereocenters. The molecule has 25 heavy (non-hydrogen) atoms. The molecule has 0 aliphatic carbocycles. The van der Waals surface area contributed by atoms with Crippen molar-refractivity contribution in [1.29, 1.82) is 0 Å². The van der Waals surface area contributed by atoms with Gasteiger partial charge >= 0.3 is 0 Å². The molecule has 3 heterocycles. The van der Waals surface area contributed by atoms with Crippen LogP contribution in [0, 0.1) is 6.92 Å². The molecule has 1 fully saturated rings. The summed E-state index contributed by atoms with van der Waals surface area (Å²) in [5.41, 5.74) is 6.75. The molecule has 0 saturated carbocycles. The minimum atomic E-state index is -3.02. The van der Waals surface area contributed by atoms with Crippen LogP contribution < -0.4 is 11.1 Å². The standard InChI is InChI=1S/C16H18F2N6O/c1-10-7-21-15(22-8-10)23-9-12-16(17,18)4-6-24(12)14(25)13-11(19)3-2-5-20-13/h2-3,5,7-8,12H,4,6,9,19H2,1H3,(H,21,22,23)/t12-/m1/s1. The van der Waals surface area contributed by atoms with Gasteiger partial charge in [0, 0.05) is 38.1 Å². The van der Waals surface area contributed by atoms with Gasteiger partial charge in [0.15, 0.2) is 5.69 Å². The molecule has 0 radical (unpaired) electrons. The molecule has 3 N–H and O–H groups in total. The van der Waals surface area contributed by atoms with E-state index in [1.54, 1.807) is 18.5 Å². The maximum Gasteiger partial charge on any atom is 0.275 e. The van der Waals surface area contributed by atoms with Crippen molar-refractivity contribution in [3.05, 3.63) is 42.0 Å². The summed E-state index contributed by atoms with van der Waals surface area (Å²) in [5.74, 6) is -3.39. The number of likely N-dealkylation sites (tertiary alicyclic amines) is 1. The Morgan fingerprint density at radius 3 is 2.80 bits per heavy atom. The second kappa shape index (κ2) is 6.58. The zero-order valence-corrected chi connectivity index (χ0v) is 13.6. The number of nitrogens with one attached hydrogen (secondary N) is 1. The molecular formula is C16H18F2N6O. The second-order valence-corrected chi connectivity index (χ2v) is 5.93. The molecule has 2 aromatic heterocycles. The lowest BCUT2D eigenvalue weighted by Gasteiger charge is -2.28. The Kier molecular flexibility index (Phi) is 4.47. The predicted octanol–water partition coefficient (Wildman–Crippen LogP) is 1.72. The van der Waals surface area contributed by atoms with Crippen LogP contribution in [-0.2, 0) is 0 Å². The summed E-state index contributed by atoms with van der Waals surface area (Å²) in [4.78, 5) is 25.7. The third kappa shape index (κ3) is 3.49. The van der Waals surface area contributed by atoms with Crippen LogP contribution in [0.5, 0.6) is 0 Å². The van der Waals surface area contributed by atoms with E-state index < -0.39 is 24.3 Å². The van der Waals surface area contributed by atoms with Crippen LogP contribution in [0.2, 0.25) is 0 Å². The van der Waals surface area contributed by atoms with E-state index in [0.717, 1.165) is 10.5 Å². The van der Waals surface area contributed by atoms with Crippen molar-refractivity contribution in [2.24, 2.45) is 0 Å². The molecule has 1 aliphatic heterocycles. The van der Waals surface area contributed by atoms with E-state index in [9.17, 15) is 13.6 Å². The fourth-order valence-corrected chi connectivity index (χ4v) is 2.73. The molecule has 0 spiro atoms. The molecule has 132 valence electrons. The van der Waals surface area contributed by atoms with Crippen molar-refractivity contribution in [3.63, 3.8) is 0 Å². The molecule has 1 amide bonds. The number of rotatable bonds is 4. The minimum absolute atomic E-state index is 0.0169. The number of aromatic nitrogens is 3. The second-order valence-electron chi connectivity index (χ2n) is 5.93. The normalized spacial score (nSPS) is 19.0. The highest BCUT2D eigenvalue weighted by atomic mass is 19.3. The van der Waals surface area contributed by atoms with Gasteiger partial charge < -0.3 is 16.0 Å². The number of carbonyl (C=O) groups is 1. The highest BCUT2D eigenvalue weighted by Gasteiger charge is 2.51. The number of nitrogen functional groups attached to an aromatic ring is 1. The van der Waals surface area contributed by atoms with E-state index >= 15 is 0 Å². The number of hydrogen-bond acceptors (Lipinski definition) is 6. The third-order valence-electron chi connectivity index (χ3n) is 4.09. The largest absolute Gasteiger partial charge is 0.397 e. The first-order valence-corrected chi connectivity index (χ1v) is 7.80. The summed E-state index contributed by atoms with van der Waals surface area (Å²) in [6.07, 6.45) is 4.16. The van der Waals surface area contributed by atoms with Gasteiger partial charge in [-0.3, -0.25) is 4.79 Å².